The van der Waals surface area contributed by atoms with Gasteiger partial charge in [0.25, 0.3) is 0 Å². The van der Waals surface area contributed by atoms with Gasteiger partial charge in [-0.25, -0.2) is 5.43 Å². The first kappa shape index (κ1) is 21.2. The SMILES string of the molecule is CN(C)Cc1ccc(-c2ccccc2CNC(=O)C2CNNC2c2ccccc2)cc1. The highest BCUT2D eigenvalue weighted by atomic mass is 16.2. The summed E-state index contributed by atoms with van der Waals surface area (Å²) in [6.07, 6.45) is 0. The number of nitrogens with one attached hydrogen (secondary N) is 3. The molecule has 1 aliphatic heterocycles. The van der Waals surface area contributed by atoms with Gasteiger partial charge in [-0.2, -0.15) is 0 Å². The van der Waals surface area contributed by atoms with Crippen LogP contribution in [0.2, 0.25) is 0 Å². The monoisotopic (exact) mass is 414 g/mol. The largest absolute Gasteiger partial charge is 0.352 e. The van der Waals surface area contributed by atoms with Crippen molar-refractivity contribution < 1.29 is 4.79 Å². The molecule has 31 heavy (non-hydrogen) atoms. The van der Waals surface area contributed by atoms with Crippen molar-refractivity contribution in [3.63, 3.8) is 0 Å². The van der Waals surface area contributed by atoms with Crippen molar-refractivity contribution in [3.05, 3.63) is 95.6 Å². The first-order valence-corrected chi connectivity index (χ1v) is 10.7. The van der Waals surface area contributed by atoms with Gasteiger partial charge in [0, 0.05) is 19.6 Å². The second-order valence-corrected chi connectivity index (χ2v) is 8.33. The minimum Gasteiger partial charge on any atom is -0.352 e. The van der Waals surface area contributed by atoms with Gasteiger partial charge in [0.1, 0.15) is 0 Å². The van der Waals surface area contributed by atoms with Gasteiger partial charge in [-0.3, -0.25) is 10.2 Å². The predicted octanol–water partition coefficient (Wildman–Crippen LogP) is 3.50. The van der Waals surface area contributed by atoms with Gasteiger partial charge < -0.3 is 10.2 Å². The molecule has 1 aliphatic rings. The van der Waals surface area contributed by atoms with E-state index in [1.54, 1.807) is 0 Å². The van der Waals surface area contributed by atoms with Crippen molar-refractivity contribution >= 4 is 5.91 Å². The molecular weight excluding hydrogens is 384 g/mol. The number of benzene rings is 3. The van der Waals surface area contributed by atoms with Crippen LogP contribution in [-0.2, 0) is 17.9 Å². The van der Waals surface area contributed by atoms with E-state index in [4.69, 9.17) is 0 Å². The van der Waals surface area contributed by atoms with Crippen LogP contribution in [-0.4, -0.2) is 31.4 Å². The Balaban J connectivity index is 1.45. The van der Waals surface area contributed by atoms with Gasteiger partial charge in [-0.15, -0.1) is 0 Å². The standard InChI is InChI=1S/C26H30N4O/c1-30(2)18-19-12-14-20(15-13-19)23-11-7-6-10-22(23)16-27-26(31)24-17-28-29-25(24)21-8-4-3-5-9-21/h3-15,24-25,28-29H,16-18H2,1-2H3,(H,27,31). The molecule has 1 heterocycles. The fourth-order valence-electron chi connectivity index (χ4n) is 4.14. The van der Waals surface area contributed by atoms with Crippen LogP contribution in [0, 0.1) is 5.92 Å². The third-order valence-electron chi connectivity index (χ3n) is 5.71. The number of carbonyl (C=O) groups is 1. The molecule has 0 radical (unpaired) electrons. The van der Waals surface area contributed by atoms with Gasteiger partial charge in [0.2, 0.25) is 5.91 Å². The lowest BCUT2D eigenvalue weighted by Crippen LogP contribution is -2.34. The van der Waals surface area contributed by atoms with E-state index >= 15 is 0 Å². The molecule has 0 bridgehead atoms. The minimum absolute atomic E-state index is 0.0271. The molecule has 3 aromatic rings. The van der Waals surface area contributed by atoms with Crippen molar-refractivity contribution in [2.75, 3.05) is 20.6 Å². The van der Waals surface area contributed by atoms with E-state index in [2.05, 4.69) is 83.7 Å². The molecule has 0 aliphatic carbocycles. The van der Waals surface area contributed by atoms with E-state index in [1.165, 1.54) is 11.1 Å². The predicted molar refractivity (Wildman–Crippen MR) is 125 cm³/mol. The summed E-state index contributed by atoms with van der Waals surface area (Å²) >= 11 is 0. The molecule has 1 saturated heterocycles. The summed E-state index contributed by atoms with van der Waals surface area (Å²) in [5.74, 6) is -0.0950. The molecule has 1 amide bonds. The quantitative estimate of drug-likeness (QED) is 0.554. The zero-order valence-corrected chi connectivity index (χ0v) is 18.1. The Morgan fingerprint density at radius 1 is 0.968 bits per heavy atom. The van der Waals surface area contributed by atoms with E-state index in [-0.39, 0.29) is 17.9 Å². The van der Waals surface area contributed by atoms with Gasteiger partial charge in [0.15, 0.2) is 0 Å². The van der Waals surface area contributed by atoms with Crippen LogP contribution >= 0.6 is 0 Å². The number of nitrogens with zero attached hydrogens (tertiary/aromatic N) is 1. The molecule has 2 unspecified atom stereocenters. The first-order valence-electron chi connectivity index (χ1n) is 10.7. The third-order valence-corrected chi connectivity index (χ3v) is 5.71. The first-order chi connectivity index (χ1) is 15.1. The Kier molecular flexibility index (Phi) is 6.77. The smallest absolute Gasteiger partial charge is 0.226 e. The molecule has 0 spiro atoms. The molecule has 2 atom stereocenters. The van der Waals surface area contributed by atoms with Crippen molar-refractivity contribution in [1.29, 1.82) is 0 Å². The van der Waals surface area contributed by atoms with Crippen LogP contribution in [0.5, 0.6) is 0 Å². The topological polar surface area (TPSA) is 56.4 Å². The summed E-state index contributed by atoms with van der Waals surface area (Å²) < 4.78 is 0. The maximum atomic E-state index is 13.0. The van der Waals surface area contributed by atoms with Crippen molar-refractivity contribution in [2.45, 2.75) is 19.1 Å². The summed E-state index contributed by atoms with van der Waals surface area (Å²) in [5.41, 5.74) is 12.2. The Morgan fingerprint density at radius 2 is 1.68 bits per heavy atom. The van der Waals surface area contributed by atoms with Gasteiger partial charge in [0.05, 0.1) is 12.0 Å². The number of hydrazine groups is 1. The second-order valence-electron chi connectivity index (χ2n) is 8.33. The molecular formula is C26H30N4O. The average molecular weight is 415 g/mol. The summed E-state index contributed by atoms with van der Waals surface area (Å²) in [7, 11) is 4.15. The molecule has 4 rings (SSSR count). The Labute approximate surface area is 184 Å². The van der Waals surface area contributed by atoms with Crippen LogP contribution < -0.4 is 16.2 Å². The highest BCUT2D eigenvalue weighted by Gasteiger charge is 2.33. The van der Waals surface area contributed by atoms with Crippen LogP contribution in [0.25, 0.3) is 11.1 Å². The lowest BCUT2D eigenvalue weighted by Gasteiger charge is -2.19. The Morgan fingerprint density at radius 3 is 2.42 bits per heavy atom. The summed E-state index contributed by atoms with van der Waals surface area (Å²) in [5, 5.41) is 3.16. The number of rotatable bonds is 7. The highest BCUT2D eigenvalue weighted by molar-refractivity contribution is 5.80. The Bertz CT molecular complexity index is 1000. The van der Waals surface area contributed by atoms with Crippen LogP contribution in [0.3, 0.4) is 0 Å². The van der Waals surface area contributed by atoms with Crippen molar-refractivity contribution in [1.82, 2.24) is 21.1 Å². The summed E-state index contributed by atoms with van der Waals surface area (Å²) in [6, 6.07) is 27.0. The molecule has 5 heteroatoms. The van der Waals surface area contributed by atoms with E-state index < -0.39 is 0 Å². The molecule has 5 nitrogen and oxygen atoms in total. The zero-order valence-electron chi connectivity index (χ0n) is 18.1. The molecule has 160 valence electrons. The lowest BCUT2D eigenvalue weighted by atomic mass is 9.94. The normalized spacial score (nSPS) is 18.3. The number of hydrogen-bond acceptors (Lipinski definition) is 4. The number of hydrogen-bond donors (Lipinski definition) is 3. The maximum Gasteiger partial charge on any atom is 0.226 e. The lowest BCUT2D eigenvalue weighted by molar-refractivity contribution is -0.125. The fourth-order valence-corrected chi connectivity index (χ4v) is 4.14. The van der Waals surface area contributed by atoms with E-state index in [1.807, 2.05) is 30.3 Å². The van der Waals surface area contributed by atoms with Crippen LogP contribution in [0.1, 0.15) is 22.7 Å². The second kappa shape index (κ2) is 9.88. The van der Waals surface area contributed by atoms with Crippen LogP contribution in [0.4, 0.5) is 0 Å². The molecule has 1 fully saturated rings. The molecule has 0 saturated carbocycles. The summed E-state index contributed by atoms with van der Waals surface area (Å²) in [4.78, 5) is 15.2. The van der Waals surface area contributed by atoms with Gasteiger partial charge in [-0.05, 0) is 41.9 Å². The summed E-state index contributed by atoms with van der Waals surface area (Å²) in [6.45, 7) is 2.04. The van der Waals surface area contributed by atoms with E-state index in [0.29, 0.717) is 13.1 Å². The maximum absolute atomic E-state index is 13.0. The third kappa shape index (κ3) is 5.20. The van der Waals surface area contributed by atoms with Gasteiger partial charge in [-0.1, -0.05) is 78.9 Å². The fraction of sp³-hybridized carbons (Fsp3) is 0.269. The van der Waals surface area contributed by atoms with Gasteiger partial charge >= 0.3 is 0 Å². The van der Waals surface area contributed by atoms with Crippen LogP contribution in [0.15, 0.2) is 78.9 Å². The zero-order chi connectivity index (χ0) is 21.6. The van der Waals surface area contributed by atoms with Crippen molar-refractivity contribution in [3.8, 4) is 11.1 Å². The van der Waals surface area contributed by atoms with Crippen molar-refractivity contribution in [2.24, 2.45) is 5.92 Å². The average Bonchev–Trinajstić information content (AvgIpc) is 3.29. The molecule has 3 aromatic carbocycles. The number of amides is 1. The Hall–Kier alpha value is -2.99. The number of carbonyl (C=O) groups excluding carboxylic acids is 1. The molecule has 3 N–H and O–H groups in total. The van der Waals surface area contributed by atoms with E-state index in [9.17, 15) is 4.79 Å². The minimum atomic E-state index is -0.153. The molecule has 0 aromatic heterocycles. The van der Waals surface area contributed by atoms with E-state index in [0.717, 1.165) is 23.2 Å². The highest BCUT2D eigenvalue weighted by Crippen LogP contribution is 2.26.